The lowest BCUT2D eigenvalue weighted by Gasteiger charge is -2.09. The van der Waals surface area contributed by atoms with Gasteiger partial charge in [-0.2, -0.15) is 0 Å². The molecule has 0 saturated heterocycles. The third kappa shape index (κ3) is 4.23. The van der Waals surface area contributed by atoms with Crippen molar-refractivity contribution in [1.29, 1.82) is 0 Å². The first-order valence-electron chi connectivity index (χ1n) is 8.73. The van der Waals surface area contributed by atoms with E-state index < -0.39 is 0 Å². The molecule has 1 N–H and O–H groups in total. The Morgan fingerprint density at radius 3 is 1.92 bits per heavy atom. The molecule has 0 heterocycles. The van der Waals surface area contributed by atoms with Gasteiger partial charge < -0.3 is 5.32 Å². The Bertz CT molecular complexity index is 609. The molecule has 128 valence electrons. The van der Waals surface area contributed by atoms with Crippen LogP contribution in [0, 0.1) is 17.8 Å². The number of carbonyl (C=O) groups excluding carboxylic acids is 1. The average molecular weight is 364 g/mol. The van der Waals surface area contributed by atoms with E-state index >= 15 is 0 Å². The number of rotatable bonds is 2. The van der Waals surface area contributed by atoms with E-state index in [1.165, 1.54) is 0 Å². The van der Waals surface area contributed by atoms with Crippen LogP contribution in [0.1, 0.15) is 38.5 Å². The van der Waals surface area contributed by atoms with Crippen LogP contribution < -0.4 is 5.32 Å². The van der Waals surface area contributed by atoms with E-state index in [0.717, 1.165) is 38.5 Å². The number of benzene rings is 1. The molecule has 1 fully saturated rings. The van der Waals surface area contributed by atoms with Gasteiger partial charge in [-0.15, -0.1) is 0 Å². The fourth-order valence-corrected chi connectivity index (χ4v) is 4.18. The van der Waals surface area contributed by atoms with E-state index in [2.05, 4.69) is 29.6 Å². The Hall–Kier alpha value is -1.25. The van der Waals surface area contributed by atoms with E-state index in [1.54, 1.807) is 18.2 Å². The first-order valence-corrected chi connectivity index (χ1v) is 9.49. The molecule has 4 heteroatoms. The van der Waals surface area contributed by atoms with Crippen molar-refractivity contribution >= 4 is 34.8 Å². The van der Waals surface area contributed by atoms with E-state index in [-0.39, 0.29) is 11.8 Å². The monoisotopic (exact) mass is 363 g/mol. The molecule has 0 aliphatic heterocycles. The molecule has 2 nitrogen and oxygen atoms in total. The molecular weight excluding hydrogens is 341 g/mol. The van der Waals surface area contributed by atoms with Crippen LogP contribution in [0.4, 0.5) is 5.69 Å². The third-order valence-corrected chi connectivity index (χ3v) is 5.64. The number of halogens is 2. The van der Waals surface area contributed by atoms with Crippen LogP contribution in [0.3, 0.4) is 0 Å². The molecule has 2 aliphatic carbocycles. The van der Waals surface area contributed by atoms with E-state index in [9.17, 15) is 4.79 Å². The summed E-state index contributed by atoms with van der Waals surface area (Å²) in [4.78, 5) is 12.7. The molecule has 3 rings (SSSR count). The van der Waals surface area contributed by atoms with Crippen LogP contribution >= 0.6 is 23.2 Å². The average Bonchev–Trinajstić information content (AvgIpc) is 3.23. The summed E-state index contributed by atoms with van der Waals surface area (Å²) < 4.78 is 0. The fraction of sp³-hybridized carbons (Fsp3) is 0.450. The predicted octanol–water partition coefficient (Wildman–Crippen LogP) is 6.26. The number of hydrogen-bond acceptors (Lipinski definition) is 1. The lowest BCUT2D eigenvalue weighted by Crippen LogP contribution is -2.16. The van der Waals surface area contributed by atoms with E-state index in [0.29, 0.717) is 27.6 Å². The highest BCUT2D eigenvalue weighted by Crippen LogP contribution is 2.53. The number of hydrogen-bond donors (Lipinski definition) is 1. The van der Waals surface area contributed by atoms with Crippen molar-refractivity contribution in [2.24, 2.45) is 17.8 Å². The smallest absolute Gasteiger partial charge is 0.228 e. The maximum atomic E-state index is 12.7. The van der Waals surface area contributed by atoms with Crippen LogP contribution in [0.2, 0.25) is 10.0 Å². The summed E-state index contributed by atoms with van der Waals surface area (Å²) >= 11 is 12.3. The molecule has 0 spiro atoms. The zero-order chi connectivity index (χ0) is 16.9. The van der Waals surface area contributed by atoms with Crippen molar-refractivity contribution in [3.05, 3.63) is 52.5 Å². The van der Waals surface area contributed by atoms with Crippen molar-refractivity contribution < 1.29 is 4.79 Å². The van der Waals surface area contributed by atoms with Gasteiger partial charge in [0.25, 0.3) is 0 Å². The summed E-state index contributed by atoms with van der Waals surface area (Å²) in [5.74, 6) is 1.09. The molecular formula is C20H23Cl2NO. The molecule has 1 unspecified atom stereocenters. The van der Waals surface area contributed by atoms with Gasteiger partial charge in [0.05, 0.1) is 15.7 Å². The Kier molecular flexibility index (Phi) is 6.02. The maximum Gasteiger partial charge on any atom is 0.228 e. The van der Waals surface area contributed by atoms with Gasteiger partial charge in [0.2, 0.25) is 5.91 Å². The van der Waals surface area contributed by atoms with Gasteiger partial charge >= 0.3 is 0 Å². The molecule has 3 atom stereocenters. The number of amides is 1. The predicted molar refractivity (Wildman–Crippen MR) is 102 cm³/mol. The molecule has 24 heavy (non-hydrogen) atoms. The summed E-state index contributed by atoms with van der Waals surface area (Å²) in [7, 11) is 0. The first kappa shape index (κ1) is 17.6. The van der Waals surface area contributed by atoms with Crippen molar-refractivity contribution in [3.8, 4) is 0 Å². The number of fused-ring (bicyclic) bond motifs is 1. The zero-order valence-corrected chi connectivity index (χ0v) is 15.2. The van der Waals surface area contributed by atoms with Gasteiger partial charge in [-0.25, -0.2) is 0 Å². The molecule has 0 aromatic heterocycles. The summed E-state index contributed by atoms with van der Waals surface area (Å²) in [6, 6.07) is 5.27. The van der Waals surface area contributed by atoms with E-state index in [4.69, 9.17) is 23.2 Å². The van der Waals surface area contributed by atoms with Gasteiger partial charge in [0.15, 0.2) is 0 Å². The van der Waals surface area contributed by atoms with Gasteiger partial charge in [0, 0.05) is 5.92 Å². The highest BCUT2D eigenvalue weighted by Gasteiger charge is 2.52. The second kappa shape index (κ2) is 8.22. The Morgan fingerprint density at radius 2 is 1.38 bits per heavy atom. The maximum absolute atomic E-state index is 12.7. The molecule has 1 aromatic rings. The minimum Gasteiger partial charge on any atom is -0.323 e. The van der Waals surface area contributed by atoms with Gasteiger partial charge in [-0.3, -0.25) is 4.79 Å². The summed E-state index contributed by atoms with van der Waals surface area (Å²) in [6.45, 7) is 0. The van der Waals surface area contributed by atoms with Gasteiger partial charge in [0.1, 0.15) is 0 Å². The second-order valence-electron chi connectivity index (χ2n) is 6.61. The standard InChI is InChI=1S/C20H23Cl2NO/c21-16-12-9-13-17(22)19(16)23-20(24)18-14-10-7-5-3-1-2-4-6-8-11-15(14)18/h3-6,9,12-15,18H,1-2,7-8,10-11H2,(H,23,24)/t14-,15+,18?. The van der Waals surface area contributed by atoms with Crippen LogP contribution in [0.5, 0.6) is 0 Å². The summed E-state index contributed by atoms with van der Waals surface area (Å²) in [5, 5.41) is 3.93. The molecule has 0 bridgehead atoms. The summed E-state index contributed by atoms with van der Waals surface area (Å²) in [5.41, 5.74) is 0.535. The number of carbonyl (C=O) groups is 1. The molecule has 1 amide bonds. The summed E-state index contributed by atoms with van der Waals surface area (Å²) in [6.07, 6.45) is 15.5. The quantitative estimate of drug-likeness (QED) is 0.617. The third-order valence-electron chi connectivity index (χ3n) is 5.01. The Morgan fingerprint density at radius 1 is 0.875 bits per heavy atom. The van der Waals surface area contributed by atoms with Crippen molar-refractivity contribution in [2.75, 3.05) is 5.32 Å². The molecule has 2 aliphatic rings. The molecule has 0 radical (unpaired) electrons. The number of para-hydroxylation sites is 1. The number of nitrogens with one attached hydrogen (secondary N) is 1. The minimum atomic E-state index is 0.0582. The number of anilines is 1. The SMILES string of the molecule is O=C(Nc1c(Cl)cccc1Cl)C1[C@H]2CCC=CCCC=CCC[C@@H]12. The Labute approximate surface area is 153 Å². The van der Waals surface area contributed by atoms with Crippen LogP contribution in [-0.4, -0.2) is 5.91 Å². The normalized spacial score (nSPS) is 26.8. The lowest BCUT2D eigenvalue weighted by molar-refractivity contribution is -0.117. The highest BCUT2D eigenvalue weighted by atomic mass is 35.5. The largest absolute Gasteiger partial charge is 0.323 e. The highest BCUT2D eigenvalue weighted by molar-refractivity contribution is 6.39. The fourth-order valence-electron chi connectivity index (χ4n) is 3.69. The first-order chi connectivity index (χ1) is 11.7. The van der Waals surface area contributed by atoms with Crippen LogP contribution in [-0.2, 0) is 4.79 Å². The minimum absolute atomic E-state index is 0.0582. The van der Waals surface area contributed by atoms with Crippen LogP contribution in [0.25, 0.3) is 0 Å². The Balaban J connectivity index is 1.66. The molecule has 1 saturated carbocycles. The van der Waals surface area contributed by atoms with Gasteiger partial charge in [-0.05, 0) is 62.5 Å². The van der Waals surface area contributed by atoms with Crippen molar-refractivity contribution in [3.63, 3.8) is 0 Å². The van der Waals surface area contributed by atoms with Crippen LogP contribution in [0.15, 0.2) is 42.5 Å². The van der Waals surface area contributed by atoms with Crippen molar-refractivity contribution in [2.45, 2.75) is 38.5 Å². The second-order valence-corrected chi connectivity index (χ2v) is 7.43. The van der Waals surface area contributed by atoms with Gasteiger partial charge in [-0.1, -0.05) is 53.6 Å². The van der Waals surface area contributed by atoms with E-state index in [1.807, 2.05) is 0 Å². The van der Waals surface area contributed by atoms with Crippen molar-refractivity contribution in [1.82, 2.24) is 0 Å². The topological polar surface area (TPSA) is 29.1 Å². The number of allylic oxidation sites excluding steroid dienone is 4. The molecule has 1 aromatic carbocycles. The zero-order valence-electron chi connectivity index (χ0n) is 13.7. The lowest BCUT2D eigenvalue weighted by atomic mass is 10.1.